The number of pyridine rings is 1. The van der Waals surface area contributed by atoms with Crippen LogP contribution in [0, 0.1) is 0 Å². The van der Waals surface area contributed by atoms with E-state index in [1.807, 2.05) is 30.3 Å². The molecular weight excluding hydrogens is 294 g/mol. The van der Waals surface area contributed by atoms with E-state index in [9.17, 15) is 0 Å². The van der Waals surface area contributed by atoms with E-state index >= 15 is 0 Å². The Kier molecular flexibility index (Phi) is 3.90. The van der Waals surface area contributed by atoms with Crippen LogP contribution in [0.1, 0.15) is 12.8 Å². The van der Waals surface area contributed by atoms with Crippen LogP contribution in [0.15, 0.2) is 36.5 Å². The lowest BCUT2D eigenvalue weighted by Crippen LogP contribution is -2.19. The minimum absolute atomic E-state index is 0.274. The molecule has 1 aromatic carbocycles. The average molecular weight is 313 g/mol. The van der Waals surface area contributed by atoms with Crippen molar-refractivity contribution in [2.24, 2.45) is 0 Å². The highest BCUT2D eigenvalue weighted by atomic mass is 16.7. The molecule has 1 unspecified atom stereocenters. The molecule has 0 radical (unpaired) electrons. The number of hydrogen-bond acceptors (Lipinski definition) is 6. The third kappa shape index (κ3) is 3.17. The first-order valence-corrected chi connectivity index (χ1v) is 7.86. The zero-order chi connectivity index (χ0) is 15.5. The predicted molar refractivity (Wildman–Crippen MR) is 87.5 cm³/mol. The standard InChI is InChI=1S/C17H19N3O3/c1-4-14(19-10-13-3-2-8-21-13)17(18-7-1)20-12-5-6-15-16(9-12)23-11-22-15/h1,4-7,9,13,19H,2-3,8,10-11H2,(H,18,20). The Morgan fingerprint density at radius 1 is 1.17 bits per heavy atom. The highest BCUT2D eigenvalue weighted by molar-refractivity contribution is 5.71. The summed E-state index contributed by atoms with van der Waals surface area (Å²) in [5, 5.41) is 6.75. The molecule has 0 spiro atoms. The summed E-state index contributed by atoms with van der Waals surface area (Å²) >= 11 is 0. The SMILES string of the molecule is c1cnc(Nc2ccc3c(c2)OCO3)c(NCC2CCCO2)c1. The van der Waals surface area contributed by atoms with E-state index in [2.05, 4.69) is 15.6 Å². The summed E-state index contributed by atoms with van der Waals surface area (Å²) in [6.45, 7) is 1.93. The fourth-order valence-corrected chi connectivity index (χ4v) is 2.79. The molecule has 120 valence electrons. The van der Waals surface area contributed by atoms with E-state index in [1.165, 1.54) is 0 Å². The summed E-state index contributed by atoms with van der Waals surface area (Å²) in [7, 11) is 0. The lowest BCUT2D eigenvalue weighted by molar-refractivity contribution is 0.120. The van der Waals surface area contributed by atoms with Crippen LogP contribution in [-0.4, -0.2) is 31.0 Å². The molecule has 4 rings (SSSR count). The highest BCUT2D eigenvalue weighted by Crippen LogP contribution is 2.35. The second kappa shape index (κ2) is 6.34. The van der Waals surface area contributed by atoms with E-state index in [0.29, 0.717) is 0 Å². The monoisotopic (exact) mass is 313 g/mol. The van der Waals surface area contributed by atoms with Gasteiger partial charge in [0.15, 0.2) is 17.3 Å². The van der Waals surface area contributed by atoms with E-state index < -0.39 is 0 Å². The summed E-state index contributed by atoms with van der Waals surface area (Å²) < 4.78 is 16.4. The Balaban J connectivity index is 1.47. The normalized spacial score (nSPS) is 18.9. The zero-order valence-corrected chi connectivity index (χ0v) is 12.7. The first-order chi connectivity index (χ1) is 11.4. The molecule has 2 aliphatic rings. The summed E-state index contributed by atoms with van der Waals surface area (Å²) in [5.74, 6) is 2.30. The number of aromatic nitrogens is 1. The molecule has 1 aromatic heterocycles. The van der Waals surface area contributed by atoms with Crippen molar-refractivity contribution in [3.05, 3.63) is 36.5 Å². The average Bonchev–Trinajstić information content (AvgIpc) is 3.25. The Hall–Kier alpha value is -2.47. The van der Waals surface area contributed by atoms with Crippen molar-refractivity contribution in [1.29, 1.82) is 0 Å². The second-order valence-corrected chi connectivity index (χ2v) is 5.61. The molecule has 1 atom stereocenters. The van der Waals surface area contributed by atoms with Crippen LogP contribution in [0.5, 0.6) is 11.5 Å². The summed E-state index contributed by atoms with van der Waals surface area (Å²) in [6, 6.07) is 9.69. The first-order valence-electron chi connectivity index (χ1n) is 7.86. The number of rotatable bonds is 5. The van der Waals surface area contributed by atoms with Crippen molar-refractivity contribution in [3.63, 3.8) is 0 Å². The molecule has 0 saturated carbocycles. The number of nitrogens with zero attached hydrogens (tertiary/aromatic N) is 1. The van der Waals surface area contributed by atoms with Gasteiger partial charge in [0.25, 0.3) is 0 Å². The van der Waals surface area contributed by atoms with Gasteiger partial charge in [0.2, 0.25) is 6.79 Å². The molecule has 0 aliphatic carbocycles. The van der Waals surface area contributed by atoms with Crippen molar-refractivity contribution in [1.82, 2.24) is 4.98 Å². The van der Waals surface area contributed by atoms with E-state index in [-0.39, 0.29) is 12.9 Å². The first kappa shape index (κ1) is 14.1. The number of nitrogens with one attached hydrogen (secondary N) is 2. The van der Waals surface area contributed by atoms with Gasteiger partial charge in [-0.1, -0.05) is 0 Å². The van der Waals surface area contributed by atoms with E-state index in [0.717, 1.165) is 54.7 Å². The van der Waals surface area contributed by atoms with Crippen LogP contribution in [0.4, 0.5) is 17.2 Å². The quantitative estimate of drug-likeness (QED) is 0.884. The van der Waals surface area contributed by atoms with Gasteiger partial charge in [-0.3, -0.25) is 0 Å². The van der Waals surface area contributed by atoms with Crippen LogP contribution in [-0.2, 0) is 4.74 Å². The largest absolute Gasteiger partial charge is 0.454 e. The van der Waals surface area contributed by atoms with Gasteiger partial charge < -0.3 is 24.8 Å². The Bertz CT molecular complexity index is 687. The molecule has 2 aromatic rings. The lowest BCUT2D eigenvalue weighted by atomic mass is 10.2. The maximum atomic E-state index is 5.65. The van der Waals surface area contributed by atoms with Gasteiger partial charge in [-0.05, 0) is 37.1 Å². The molecular formula is C17H19N3O3. The molecule has 0 bridgehead atoms. The van der Waals surface area contributed by atoms with Crippen LogP contribution < -0.4 is 20.1 Å². The summed E-state index contributed by atoms with van der Waals surface area (Å²) in [5.41, 5.74) is 1.87. The summed E-state index contributed by atoms with van der Waals surface area (Å²) in [4.78, 5) is 4.43. The minimum atomic E-state index is 0.274. The van der Waals surface area contributed by atoms with Crippen molar-refractivity contribution in [3.8, 4) is 11.5 Å². The van der Waals surface area contributed by atoms with Crippen LogP contribution in [0.25, 0.3) is 0 Å². The third-order valence-corrected chi connectivity index (χ3v) is 3.99. The van der Waals surface area contributed by atoms with Crippen LogP contribution >= 0.6 is 0 Å². The molecule has 1 fully saturated rings. The van der Waals surface area contributed by atoms with E-state index in [1.54, 1.807) is 6.20 Å². The molecule has 2 N–H and O–H groups in total. The fourth-order valence-electron chi connectivity index (χ4n) is 2.79. The van der Waals surface area contributed by atoms with E-state index in [4.69, 9.17) is 14.2 Å². The van der Waals surface area contributed by atoms with Crippen molar-refractivity contribution >= 4 is 17.2 Å². The molecule has 1 saturated heterocycles. The molecule has 23 heavy (non-hydrogen) atoms. The van der Waals surface area contributed by atoms with Gasteiger partial charge in [-0.2, -0.15) is 0 Å². The van der Waals surface area contributed by atoms with Gasteiger partial charge in [0.1, 0.15) is 0 Å². The van der Waals surface area contributed by atoms with Gasteiger partial charge in [-0.15, -0.1) is 0 Å². The number of benzene rings is 1. The lowest BCUT2D eigenvalue weighted by Gasteiger charge is -2.15. The molecule has 2 aliphatic heterocycles. The van der Waals surface area contributed by atoms with Crippen LogP contribution in [0.2, 0.25) is 0 Å². The Labute approximate surface area is 134 Å². The second-order valence-electron chi connectivity index (χ2n) is 5.61. The fraction of sp³-hybridized carbons (Fsp3) is 0.353. The minimum Gasteiger partial charge on any atom is -0.454 e. The molecule has 6 nitrogen and oxygen atoms in total. The molecule has 0 amide bonds. The van der Waals surface area contributed by atoms with Gasteiger partial charge >= 0.3 is 0 Å². The van der Waals surface area contributed by atoms with Crippen molar-refractivity contribution < 1.29 is 14.2 Å². The van der Waals surface area contributed by atoms with Crippen LogP contribution in [0.3, 0.4) is 0 Å². The van der Waals surface area contributed by atoms with Crippen molar-refractivity contribution in [2.45, 2.75) is 18.9 Å². The number of anilines is 3. The van der Waals surface area contributed by atoms with Gasteiger partial charge in [0.05, 0.1) is 11.8 Å². The van der Waals surface area contributed by atoms with Gasteiger partial charge in [-0.25, -0.2) is 4.98 Å². The Morgan fingerprint density at radius 3 is 3.04 bits per heavy atom. The number of hydrogen-bond donors (Lipinski definition) is 2. The zero-order valence-electron chi connectivity index (χ0n) is 12.7. The summed E-state index contributed by atoms with van der Waals surface area (Å²) in [6.07, 6.45) is 4.31. The highest BCUT2D eigenvalue weighted by Gasteiger charge is 2.16. The molecule has 3 heterocycles. The van der Waals surface area contributed by atoms with Gasteiger partial charge in [0, 0.05) is 31.1 Å². The Morgan fingerprint density at radius 2 is 2.13 bits per heavy atom. The maximum Gasteiger partial charge on any atom is 0.231 e. The maximum absolute atomic E-state index is 5.65. The smallest absolute Gasteiger partial charge is 0.231 e. The third-order valence-electron chi connectivity index (χ3n) is 3.99. The number of ether oxygens (including phenoxy) is 3. The topological polar surface area (TPSA) is 64.6 Å². The predicted octanol–water partition coefficient (Wildman–Crippen LogP) is 3.14. The number of fused-ring (bicyclic) bond motifs is 1. The van der Waals surface area contributed by atoms with Crippen molar-refractivity contribution in [2.75, 3.05) is 30.6 Å². The molecule has 6 heteroatoms.